The number of aryl methyl sites for hydroxylation is 2. The summed E-state index contributed by atoms with van der Waals surface area (Å²) in [6.45, 7) is 5.46. The Labute approximate surface area is 126 Å². The van der Waals surface area contributed by atoms with Gasteiger partial charge in [-0.15, -0.1) is 0 Å². The summed E-state index contributed by atoms with van der Waals surface area (Å²) in [7, 11) is 0. The van der Waals surface area contributed by atoms with Crippen molar-refractivity contribution >= 4 is 0 Å². The molecule has 0 amide bonds. The van der Waals surface area contributed by atoms with Crippen molar-refractivity contribution in [1.29, 1.82) is 0 Å². The van der Waals surface area contributed by atoms with E-state index in [1.165, 1.54) is 44.3 Å². The molecule has 1 aromatic carbocycles. The van der Waals surface area contributed by atoms with E-state index in [0.717, 1.165) is 18.2 Å². The van der Waals surface area contributed by atoms with Crippen LogP contribution in [0.4, 0.5) is 0 Å². The van der Waals surface area contributed by atoms with Crippen molar-refractivity contribution in [3.63, 3.8) is 0 Å². The van der Waals surface area contributed by atoms with Gasteiger partial charge in [-0.05, 0) is 51.3 Å². The molecule has 2 aromatic rings. The summed E-state index contributed by atoms with van der Waals surface area (Å²) >= 11 is 0. The van der Waals surface area contributed by atoms with Crippen molar-refractivity contribution in [3.05, 3.63) is 47.5 Å². The van der Waals surface area contributed by atoms with Crippen LogP contribution in [0, 0.1) is 6.92 Å². The first-order valence-electron chi connectivity index (χ1n) is 7.96. The Morgan fingerprint density at radius 3 is 2.90 bits per heavy atom. The largest absolute Gasteiger partial charge is 0.303 e. The molecular weight excluding hydrogens is 260 g/mol. The van der Waals surface area contributed by atoms with E-state index in [2.05, 4.69) is 50.4 Å². The van der Waals surface area contributed by atoms with Gasteiger partial charge >= 0.3 is 0 Å². The van der Waals surface area contributed by atoms with Crippen molar-refractivity contribution in [3.8, 4) is 0 Å². The van der Waals surface area contributed by atoms with E-state index < -0.39 is 0 Å². The van der Waals surface area contributed by atoms with Crippen molar-refractivity contribution < 1.29 is 0 Å². The molecule has 4 nitrogen and oxygen atoms in total. The lowest BCUT2D eigenvalue weighted by molar-refractivity contribution is 0.202. The zero-order chi connectivity index (χ0) is 14.5. The molecule has 2 heterocycles. The number of nitrogens with zero attached hydrogens (tertiary/aromatic N) is 3. The first-order valence-corrected chi connectivity index (χ1v) is 7.96. The van der Waals surface area contributed by atoms with Gasteiger partial charge in [-0.1, -0.05) is 30.3 Å². The SMILES string of the molecule is Cc1nc(C2CCCN(CCCc3ccccc3)C2)n[nH]1. The van der Waals surface area contributed by atoms with E-state index in [1.54, 1.807) is 0 Å². The number of rotatable bonds is 5. The maximum atomic E-state index is 4.50. The molecule has 0 spiro atoms. The maximum absolute atomic E-state index is 4.50. The number of aromatic amines is 1. The lowest BCUT2D eigenvalue weighted by atomic mass is 9.97. The minimum Gasteiger partial charge on any atom is -0.303 e. The van der Waals surface area contributed by atoms with Gasteiger partial charge in [0.1, 0.15) is 5.82 Å². The smallest absolute Gasteiger partial charge is 0.155 e. The van der Waals surface area contributed by atoms with Gasteiger partial charge in [0.2, 0.25) is 0 Å². The zero-order valence-corrected chi connectivity index (χ0v) is 12.8. The number of nitrogens with one attached hydrogen (secondary N) is 1. The van der Waals surface area contributed by atoms with Crippen LogP contribution < -0.4 is 0 Å². The molecule has 1 atom stereocenters. The summed E-state index contributed by atoms with van der Waals surface area (Å²) < 4.78 is 0. The van der Waals surface area contributed by atoms with Crippen LogP contribution in [0.2, 0.25) is 0 Å². The normalized spacial score (nSPS) is 19.8. The standard InChI is InChI=1S/C17H24N4/c1-14-18-17(20-19-14)16-10-6-12-21(13-16)11-5-9-15-7-3-2-4-8-15/h2-4,7-8,16H,5-6,9-13H2,1H3,(H,18,19,20). The van der Waals surface area contributed by atoms with Crippen LogP contribution in [-0.2, 0) is 6.42 Å². The molecule has 1 saturated heterocycles. The number of aromatic nitrogens is 3. The Bertz CT molecular complexity index is 549. The summed E-state index contributed by atoms with van der Waals surface area (Å²) in [5, 5.41) is 7.30. The third-order valence-corrected chi connectivity index (χ3v) is 4.27. The second-order valence-electron chi connectivity index (χ2n) is 6.01. The van der Waals surface area contributed by atoms with Gasteiger partial charge in [0.15, 0.2) is 5.82 Å². The topological polar surface area (TPSA) is 44.8 Å². The number of H-pyrrole nitrogens is 1. The Morgan fingerprint density at radius 2 is 2.14 bits per heavy atom. The van der Waals surface area contributed by atoms with Crippen LogP contribution in [0.5, 0.6) is 0 Å². The predicted octanol–water partition coefficient (Wildman–Crippen LogP) is 2.93. The summed E-state index contributed by atoms with van der Waals surface area (Å²) in [5.41, 5.74) is 1.44. The first kappa shape index (κ1) is 14.3. The van der Waals surface area contributed by atoms with Crippen LogP contribution in [-0.4, -0.2) is 39.7 Å². The minimum atomic E-state index is 0.500. The third-order valence-electron chi connectivity index (χ3n) is 4.27. The molecule has 1 N–H and O–H groups in total. The summed E-state index contributed by atoms with van der Waals surface area (Å²) in [6.07, 6.45) is 4.86. The molecule has 0 radical (unpaired) electrons. The number of piperidine rings is 1. The maximum Gasteiger partial charge on any atom is 0.155 e. The van der Waals surface area contributed by atoms with Crippen LogP contribution in [0.1, 0.15) is 42.4 Å². The molecule has 1 aliphatic heterocycles. The van der Waals surface area contributed by atoms with Gasteiger partial charge in [-0.2, -0.15) is 5.10 Å². The quantitative estimate of drug-likeness (QED) is 0.918. The summed E-state index contributed by atoms with van der Waals surface area (Å²) in [4.78, 5) is 7.08. The van der Waals surface area contributed by atoms with Crippen molar-refractivity contribution in [2.75, 3.05) is 19.6 Å². The Morgan fingerprint density at radius 1 is 1.29 bits per heavy atom. The van der Waals surface area contributed by atoms with Gasteiger partial charge in [0.05, 0.1) is 0 Å². The fourth-order valence-electron chi connectivity index (χ4n) is 3.16. The summed E-state index contributed by atoms with van der Waals surface area (Å²) in [5.74, 6) is 2.42. The van der Waals surface area contributed by atoms with Crippen LogP contribution in [0.3, 0.4) is 0 Å². The van der Waals surface area contributed by atoms with Crippen LogP contribution >= 0.6 is 0 Å². The monoisotopic (exact) mass is 284 g/mol. The molecule has 1 aromatic heterocycles. The lowest BCUT2D eigenvalue weighted by Crippen LogP contribution is -2.35. The average molecular weight is 284 g/mol. The molecule has 3 rings (SSSR count). The van der Waals surface area contributed by atoms with E-state index in [4.69, 9.17) is 0 Å². The Hall–Kier alpha value is -1.68. The number of likely N-dealkylation sites (tertiary alicyclic amines) is 1. The van der Waals surface area contributed by atoms with E-state index >= 15 is 0 Å². The lowest BCUT2D eigenvalue weighted by Gasteiger charge is -2.31. The highest BCUT2D eigenvalue weighted by molar-refractivity contribution is 5.14. The van der Waals surface area contributed by atoms with Gasteiger partial charge < -0.3 is 4.90 Å². The molecule has 0 saturated carbocycles. The average Bonchev–Trinajstić information content (AvgIpc) is 2.95. The molecule has 1 unspecified atom stereocenters. The van der Waals surface area contributed by atoms with Gasteiger partial charge in [0.25, 0.3) is 0 Å². The van der Waals surface area contributed by atoms with Gasteiger partial charge in [-0.25, -0.2) is 4.98 Å². The number of hydrogen-bond acceptors (Lipinski definition) is 3. The van der Waals surface area contributed by atoms with E-state index in [9.17, 15) is 0 Å². The molecule has 21 heavy (non-hydrogen) atoms. The second-order valence-corrected chi connectivity index (χ2v) is 6.01. The Kier molecular flexibility index (Phi) is 4.65. The fourth-order valence-corrected chi connectivity index (χ4v) is 3.16. The fraction of sp³-hybridized carbons (Fsp3) is 0.529. The van der Waals surface area contributed by atoms with Crippen LogP contribution in [0.25, 0.3) is 0 Å². The highest BCUT2D eigenvalue weighted by atomic mass is 15.2. The second kappa shape index (κ2) is 6.85. The molecular formula is C17H24N4. The van der Waals surface area contributed by atoms with Gasteiger partial charge in [-0.3, -0.25) is 5.10 Å². The predicted molar refractivity (Wildman–Crippen MR) is 84.3 cm³/mol. The van der Waals surface area contributed by atoms with E-state index in [-0.39, 0.29) is 0 Å². The molecule has 1 aliphatic rings. The third kappa shape index (κ3) is 3.91. The zero-order valence-electron chi connectivity index (χ0n) is 12.8. The van der Waals surface area contributed by atoms with Crippen molar-refractivity contribution in [2.24, 2.45) is 0 Å². The number of benzene rings is 1. The van der Waals surface area contributed by atoms with Crippen molar-refractivity contribution in [2.45, 2.75) is 38.5 Å². The van der Waals surface area contributed by atoms with Gasteiger partial charge in [0, 0.05) is 12.5 Å². The minimum absolute atomic E-state index is 0.500. The molecule has 4 heteroatoms. The van der Waals surface area contributed by atoms with Crippen molar-refractivity contribution in [1.82, 2.24) is 20.1 Å². The molecule has 112 valence electrons. The highest BCUT2D eigenvalue weighted by Gasteiger charge is 2.23. The van der Waals surface area contributed by atoms with Crippen LogP contribution in [0.15, 0.2) is 30.3 Å². The van der Waals surface area contributed by atoms with E-state index in [1.807, 2.05) is 6.92 Å². The molecule has 0 bridgehead atoms. The summed E-state index contributed by atoms with van der Waals surface area (Å²) in [6, 6.07) is 10.8. The Balaban J connectivity index is 1.48. The molecule has 1 fully saturated rings. The number of hydrogen-bond donors (Lipinski definition) is 1. The van der Waals surface area contributed by atoms with E-state index in [0.29, 0.717) is 5.92 Å². The first-order chi connectivity index (χ1) is 10.3. The highest BCUT2D eigenvalue weighted by Crippen LogP contribution is 2.24. The molecule has 0 aliphatic carbocycles.